The molecule has 4 nitrogen and oxygen atoms in total. The van der Waals surface area contributed by atoms with Gasteiger partial charge >= 0.3 is 0 Å². The number of benzene rings is 1. The van der Waals surface area contributed by atoms with Gasteiger partial charge in [0.05, 0.1) is 31.9 Å². The van der Waals surface area contributed by atoms with E-state index in [2.05, 4.69) is 5.32 Å². The highest BCUT2D eigenvalue weighted by molar-refractivity contribution is 6.21. The van der Waals surface area contributed by atoms with E-state index in [1.165, 1.54) is 0 Å². The Labute approximate surface area is 112 Å². The van der Waals surface area contributed by atoms with Crippen LogP contribution in [0.25, 0.3) is 0 Å². The summed E-state index contributed by atoms with van der Waals surface area (Å²) < 4.78 is 15.9. The fraction of sp³-hybridized carbons (Fsp3) is 0.538. The first-order chi connectivity index (χ1) is 8.74. The first-order valence-corrected chi connectivity index (χ1v) is 6.38. The van der Waals surface area contributed by atoms with Gasteiger partial charge in [0.2, 0.25) is 0 Å². The van der Waals surface area contributed by atoms with E-state index in [0.717, 1.165) is 30.2 Å². The lowest BCUT2D eigenvalue weighted by Gasteiger charge is -2.29. The second-order valence-electron chi connectivity index (χ2n) is 4.20. The van der Waals surface area contributed by atoms with Gasteiger partial charge < -0.3 is 19.5 Å². The Balaban J connectivity index is 2.15. The Morgan fingerprint density at radius 2 is 2.17 bits per heavy atom. The van der Waals surface area contributed by atoms with Crippen molar-refractivity contribution in [3.63, 3.8) is 0 Å². The Hall–Kier alpha value is -1.13. The largest absolute Gasteiger partial charge is 0.497 e. The van der Waals surface area contributed by atoms with E-state index in [0.29, 0.717) is 6.61 Å². The van der Waals surface area contributed by atoms with Gasteiger partial charge in [-0.05, 0) is 18.6 Å². The Bertz CT molecular complexity index is 400. The van der Waals surface area contributed by atoms with Crippen LogP contribution in [0.4, 0.5) is 5.69 Å². The smallest absolute Gasteiger partial charge is 0.142 e. The van der Waals surface area contributed by atoms with Gasteiger partial charge in [0.1, 0.15) is 11.5 Å². The molecule has 0 saturated carbocycles. The van der Waals surface area contributed by atoms with E-state index < -0.39 is 0 Å². The molecule has 1 saturated heterocycles. The van der Waals surface area contributed by atoms with Crippen molar-refractivity contribution < 1.29 is 14.2 Å². The predicted octanol–water partition coefficient (Wildman–Crippen LogP) is 2.51. The van der Waals surface area contributed by atoms with Crippen LogP contribution in [0.3, 0.4) is 0 Å². The van der Waals surface area contributed by atoms with Crippen molar-refractivity contribution in [1.82, 2.24) is 0 Å². The number of nitrogens with one attached hydrogen (secondary N) is 1. The molecular weight excluding hydrogens is 254 g/mol. The number of hydrogen-bond donors (Lipinski definition) is 1. The average molecular weight is 272 g/mol. The number of methoxy groups -OCH3 is 2. The minimum atomic E-state index is -0.0327. The number of rotatable bonds is 4. The van der Waals surface area contributed by atoms with Crippen LogP contribution in [0.2, 0.25) is 0 Å². The van der Waals surface area contributed by atoms with Crippen LogP contribution in [0, 0.1) is 0 Å². The highest BCUT2D eigenvalue weighted by Gasteiger charge is 2.24. The number of halogens is 1. The standard InChI is InChI=1S/C13H18ClNO3/c1-16-9-3-4-13(17-2)12(7-9)15-11-5-6-18-8-10(11)14/h3-4,7,10-11,15H,5-6,8H2,1-2H3. The topological polar surface area (TPSA) is 39.7 Å². The molecule has 1 heterocycles. The normalized spacial score (nSPS) is 23.5. The summed E-state index contributed by atoms with van der Waals surface area (Å²) in [6, 6.07) is 5.84. The number of ether oxygens (including phenoxy) is 3. The summed E-state index contributed by atoms with van der Waals surface area (Å²) in [6.45, 7) is 1.30. The maximum Gasteiger partial charge on any atom is 0.142 e. The molecule has 0 aromatic heterocycles. The van der Waals surface area contributed by atoms with Crippen LogP contribution in [0.15, 0.2) is 18.2 Å². The van der Waals surface area contributed by atoms with Gasteiger partial charge in [0, 0.05) is 18.7 Å². The molecule has 2 atom stereocenters. The molecule has 0 radical (unpaired) electrons. The second-order valence-corrected chi connectivity index (χ2v) is 4.76. The molecule has 100 valence electrons. The van der Waals surface area contributed by atoms with Crippen molar-refractivity contribution in [2.75, 3.05) is 32.8 Å². The molecule has 2 rings (SSSR count). The van der Waals surface area contributed by atoms with Crippen molar-refractivity contribution in [2.24, 2.45) is 0 Å². The summed E-state index contributed by atoms with van der Waals surface area (Å²) in [5.41, 5.74) is 0.898. The molecule has 1 N–H and O–H groups in total. The van der Waals surface area contributed by atoms with Gasteiger partial charge in [-0.15, -0.1) is 11.6 Å². The Morgan fingerprint density at radius 1 is 1.33 bits per heavy atom. The molecule has 1 aromatic rings. The molecular formula is C13H18ClNO3. The summed E-state index contributed by atoms with van der Waals surface area (Å²) in [6.07, 6.45) is 0.883. The van der Waals surface area contributed by atoms with Gasteiger partial charge in [-0.3, -0.25) is 0 Å². The monoisotopic (exact) mass is 271 g/mol. The fourth-order valence-corrected chi connectivity index (χ4v) is 2.27. The zero-order valence-corrected chi connectivity index (χ0v) is 11.4. The fourth-order valence-electron chi connectivity index (χ4n) is 1.99. The van der Waals surface area contributed by atoms with Crippen molar-refractivity contribution >= 4 is 17.3 Å². The summed E-state index contributed by atoms with van der Waals surface area (Å²) in [5, 5.41) is 3.38. The van der Waals surface area contributed by atoms with Crippen LogP contribution in [-0.2, 0) is 4.74 Å². The van der Waals surface area contributed by atoms with E-state index in [1.807, 2.05) is 18.2 Å². The molecule has 0 aliphatic carbocycles. The predicted molar refractivity (Wildman–Crippen MR) is 72.0 cm³/mol. The third-order valence-electron chi connectivity index (χ3n) is 3.03. The van der Waals surface area contributed by atoms with E-state index in [4.69, 9.17) is 25.8 Å². The molecule has 5 heteroatoms. The van der Waals surface area contributed by atoms with Crippen LogP contribution >= 0.6 is 11.6 Å². The minimum absolute atomic E-state index is 0.0327. The highest BCUT2D eigenvalue weighted by Crippen LogP contribution is 2.31. The van der Waals surface area contributed by atoms with Crippen molar-refractivity contribution in [2.45, 2.75) is 17.8 Å². The van der Waals surface area contributed by atoms with E-state index >= 15 is 0 Å². The number of anilines is 1. The quantitative estimate of drug-likeness (QED) is 0.854. The summed E-state index contributed by atoms with van der Waals surface area (Å²) in [5.74, 6) is 1.57. The summed E-state index contributed by atoms with van der Waals surface area (Å²) in [4.78, 5) is 0. The first kappa shape index (κ1) is 13.3. The van der Waals surface area contributed by atoms with E-state index in [9.17, 15) is 0 Å². The molecule has 0 bridgehead atoms. The lowest BCUT2D eigenvalue weighted by Crippen LogP contribution is -2.38. The molecule has 1 aliphatic heterocycles. The van der Waals surface area contributed by atoms with Gasteiger partial charge in [-0.2, -0.15) is 0 Å². The molecule has 0 spiro atoms. The second kappa shape index (κ2) is 6.16. The lowest BCUT2D eigenvalue weighted by atomic mass is 10.1. The van der Waals surface area contributed by atoms with E-state index in [-0.39, 0.29) is 11.4 Å². The number of hydrogen-bond acceptors (Lipinski definition) is 4. The zero-order chi connectivity index (χ0) is 13.0. The Kier molecular flexibility index (Phi) is 4.55. The third-order valence-corrected chi connectivity index (χ3v) is 3.46. The van der Waals surface area contributed by atoms with Crippen LogP contribution in [0.1, 0.15) is 6.42 Å². The van der Waals surface area contributed by atoms with Gasteiger partial charge in [-0.25, -0.2) is 0 Å². The molecule has 18 heavy (non-hydrogen) atoms. The van der Waals surface area contributed by atoms with E-state index in [1.54, 1.807) is 14.2 Å². The number of alkyl halides is 1. The van der Waals surface area contributed by atoms with Crippen LogP contribution < -0.4 is 14.8 Å². The maximum absolute atomic E-state index is 6.24. The van der Waals surface area contributed by atoms with Crippen molar-refractivity contribution in [1.29, 1.82) is 0 Å². The summed E-state index contributed by atoms with van der Waals surface area (Å²) in [7, 11) is 3.29. The third kappa shape index (κ3) is 3.00. The van der Waals surface area contributed by atoms with Gasteiger partial charge in [0.25, 0.3) is 0 Å². The molecule has 1 fully saturated rings. The molecule has 0 amide bonds. The Morgan fingerprint density at radius 3 is 2.83 bits per heavy atom. The van der Waals surface area contributed by atoms with Gasteiger partial charge in [-0.1, -0.05) is 0 Å². The van der Waals surface area contributed by atoms with Gasteiger partial charge in [0.15, 0.2) is 0 Å². The SMILES string of the molecule is COc1ccc(OC)c(NC2CCOCC2Cl)c1. The van der Waals surface area contributed by atoms with Crippen LogP contribution in [-0.4, -0.2) is 38.9 Å². The maximum atomic E-state index is 6.24. The molecule has 2 unspecified atom stereocenters. The molecule has 1 aromatic carbocycles. The summed E-state index contributed by atoms with van der Waals surface area (Å²) >= 11 is 6.24. The minimum Gasteiger partial charge on any atom is -0.497 e. The highest BCUT2D eigenvalue weighted by atomic mass is 35.5. The van der Waals surface area contributed by atoms with Crippen LogP contribution in [0.5, 0.6) is 11.5 Å². The molecule has 1 aliphatic rings. The zero-order valence-electron chi connectivity index (χ0n) is 10.6. The van der Waals surface area contributed by atoms with Crippen molar-refractivity contribution in [3.05, 3.63) is 18.2 Å². The lowest BCUT2D eigenvalue weighted by molar-refractivity contribution is 0.0935. The average Bonchev–Trinajstić information content (AvgIpc) is 2.41. The van der Waals surface area contributed by atoms with Crippen molar-refractivity contribution in [3.8, 4) is 11.5 Å². The first-order valence-electron chi connectivity index (χ1n) is 5.95.